The van der Waals surface area contributed by atoms with Gasteiger partial charge in [-0.25, -0.2) is 0 Å². The molecule has 3 rings (SSSR count). The van der Waals surface area contributed by atoms with Crippen molar-refractivity contribution in [2.24, 2.45) is 0 Å². The van der Waals surface area contributed by atoms with Gasteiger partial charge in [-0.15, -0.1) is 0 Å². The van der Waals surface area contributed by atoms with E-state index in [9.17, 15) is 14.4 Å². The lowest BCUT2D eigenvalue weighted by Crippen LogP contribution is -2.47. The maximum atomic E-state index is 12.3. The second-order valence-electron chi connectivity index (χ2n) is 6.27. The number of benzene rings is 2. The van der Waals surface area contributed by atoms with Gasteiger partial charge >= 0.3 is 0 Å². The first-order valence-electron chi connectivity index (χ1n) is 8.72. The van der Waals surface area contributed by atoms with Crippen molar-refractivity contribution in [2.45, 2.75) is 12.8 Å². The van der Waals surface area contributed by atoms with Gasteiger partial charge in [0, 0.05) is 36.5 Å². The Morgan fingerprint density at radius 2 is 1.81 bits per heavy atom. The van der Waals surface area contributed by atoms with Crippen molar-refractivity contribution in [3.8, 4) is 0 Å². The lowest BCUT2D eigenvalue weighted by molar-refractivity contribution is -0.120. The van der Waals surface area contributed by atoms with E-state index in [0.29, 0.717) is 29.4 Å². The zero-order valence-corrected chi connectivity index (χ0v) is 15.5. The summed E-state index contributed by atoms with van der Waals surface area (Å²) < 4.78 is 0. The maximum absolute atomic E-state index is 12.3. The molecule has 6 nitrogen and oxygen atoms in total. The summed E-state index contributed by atoms with van der Waals surface area (Å²) in [6.45, 7) is 1.49. The number of amides is 2. The number of hydrogen-bond donors (Lipinski definition) is 2. The second kappa shape index (κ2) is 8.68. The monoisotopic (exact) mass is 385 g/mol. The molecule has 1 aliphatic heterocycles. The number of nitrogens with zero attached hydrogens (tertiary/aromatic N) is 1. The lowest BCUT2D eigenvalue weighted by atomic mass is 10.1. The van der Waals surface area contributed by atoms with Crippen LogP contribution in [0, 0.1) is 0 Å². The van der Waals surface area contributed by atoms with Gasteiger partial charge < -0.3 is 15.5 Å². The largest absolute Gasteiger partial charge is 0.359 e. The molecule has 7 heteroatoms. The van der Waals surface area contributed by atoms with Crippen LogP contribution in [-0.2, 0) is 9.59 Å². The Morgan fingerprint density at radius 3 is 2.56 bits per heavy atom. The van der Waals surface area contributed by atoms with Crippen LogP contribution in [0.5, 0.6) is 0 Å². The van der Waals surface area contributed by atoms with Crippen molar-refractivity contribution in [2.75, 3.05) is 29.9 Å². The molecule has 0 aromatic heterocycles. The van der Waals surface area contributed by atoms with Gasteiger partial charge in [0.2, 0.25) is 11.8 Å². The van der Waals surface area contributed by atoms with Gasteiger partial charge in [-0.05, 0) is 36.4 Å². The van der Waals surface area contributed by atoms with Gasteiger partial charge in [0.25, 0.3) is 0 Å². The maximum Gasteiger partial charge on any atom is 0.239 e. The molecule has 2 aromatic carbocycles. The van der Waals surface area contributed by atoms with Crippen LogP contribution >= 0.6 is 11.6 Å². The Morgan fingerprint density at radius 1 is 1.07 bits per heavy atom. The van der Waals surface area contributed by atoms with Crippen molar-refractivity contribution in [1.82, 2.24) is 5.32 Å². The van der Waals surface area contributed by atoms with Crippen LogP contribution in [0.1, 0.15) is 23.2 Å². The Bertz CT molecular complexity index is 852. The van der Waals surface area contributed by atoms with Crippen LogP contribution in [0.4, 0.5) is 11.4 Å². The molecule has 0 bridgehead atoms. The van der Waals surface area contributed by atoms with E-state index < -0.39 is 0 Å². The van der Waals surface area contributed by atoms with E-state index in [2.05, 4.69) is 10.6 Å². The quantitative estimate of drug-likeness (QED) is 0.749. The average Bonchev–Trinajstić information content (AvgIpc) is 2.67. The van der Waals surface area contributed by atoms with E-state index in [1.807, 2.05) is 23.1 Å². The number of rotatable bonds is 6. The highest BCUT2D eigenvalue weighted by Gasteiger charge is 2.19. The van der Waals surface area contributed by atoms with Crippen LogP contribution in [0.25, 0.3) is 0 Å². The number of anilines is 2. The van der Waals surface area contributed by atoms with Gasteiger partial charge in [0.1, 0.15) is 0 Å². The first-order chi connectivity index (χ1) is 13.0. The molecule has 0 saturated carbocycles. The zero-order chi connectivity index (χ0) is 19.2. The standard InChI is InChI=1S/C20H20ClN3O3/c21-15-7-5-14(6-8-15)18(25)9-10-19(26)23-16-3-1-2-4-17(16)24-12-11-22-20(27)13-24/h1-8H,9-13H2,(H,22,27)(H,23,26). The highest BCUT2D eigenvalue weighted by Crippen LogP contribution is 2.26. The average molecular weight is 386 g/mol. The highest BCUT2D eigenvalue weighted by atomic mass is 35.5. The minimum atomic E-state index is -0.244. The SMILES string of the molecule is O=C1CN(c2ccccc2NC(=O)CCC(=O)c2ccc(Cl)cc2)CCN1. The first kappa shape index (κ1) is 18.9. The number of nitrogens with one attached hydrogen (secondary N) is 2. The van der Waals surface area contributed by atoms with Gasteiger partial charge in [-0.1, -0.05) is 23.7 Å². The fraction of sp³-hybridized carbons (Fsp3) is 0.250. The Balaban J connectivity index is 1.60. The van der Waals surface area contributed by atoms with Crippen molar-refractivity contribution in [1.29, 1.82) is 0 Å². The topological polar surface area (TPSA) is 78.5 Å². The van der Waals surface area contributed by atoms with Crippen LogP contribution in [0.15, 0.2) is 48.5 Å². The second-order valence-corrected chi connectivity index (χ2v) is 6.70. The number of piperazine rings is 1. The Labute approximate surface area is 162 Å². The molecule has 2 N–H and O–H groups in total. The van der Waals surface area contributed by atoms with Crippen LogP contribution in [0.3, 0.4) is 0 Å². The lowest BCUT2D eigenvalue weighted by Gasteiger charge is -2.30. The molecule has 1 fully saturated rings. The zero-order valence-electron chi connectivity index (χ0n) is 14.7. The van der Waals surface area contributed by atoms with Crippen molar-refractivity contribution >= 4 is 40.6 Å². The molecule has 1 aliphatic rings. The molecule has 0 atom stereocenters. The van der Waals surface area contributed by atoms with E-state index in [1.165, 1.54) is 0 Å². The number of para-hydroxylation sites is 2. The fourth-order valence-corrected chi connectivity index (χ4v) is 3.05. The molecule has 0 spiro atoms. The number of Topliss-reactive ketones (excluding diaryl/α,β-unsaturated/α-hetero) is 1. The molecule has 1 heterocycles. The van der Waals surface area contributed by atoms with Crippen LogP contribution in [0.2, 0.25) is 5.02 Å². The fourth-order valence-electron chi connectivity index (χ4n) is 2.92. The third-order valence-electron chi connectivity index (χ3n) is 4.30. The molecule has 2 amide bonds. The molecule has 1 saturated heterocycles. The molecular formula is C20H20ClN3O3. The van der Waals surface area contributed by atoms with Crippen molar-refractivity contribution in [3.63, 3.8) is 0 Å². The molecule has 0 radical (unpaired) electrons. The van der Waals surface area contributed by atoms with Gasteiger partial charge in [-0.3, -0.25) is 14.4 Å². The summed E-state index contributed by atoms with van der Waals surface area (Å²) in [6, 6.07) is 14.0. The third kappa shape index (κ3) is 5.08. The summed E-state index contributed by atoms with van der Waals surface area (Å²) in [5.74, 6) is -0.398. The van der Waals surface area contributed by atoms with E-state index in [0.717, 1.165) is 5.69 Å². The number of carbonyl (C=O) groups excluding carboxylic acids is 3. The van der Waals surface area contributed by atoms with Crippen molar-refractivity contribution < 1.29 is 14.4 Å². The predicted molar refractivity (Wildman–Crippen MR) is 105 cm³/mol. The first-order valence-corrected chi connectivity index (χ1v) is 9.10. The summed E-state index contributed by atoms with van der Waals surface area (Å²) in [5.41, 5.74) is 1.97. The number of halogens is 1. The molecule has 0 unspecified atom stereocenters. The Hall–Kier alpha value is -2.86. The smallest absolute Gasteiger partial charge is 0.239 e. The highest BCUT2D eigenvalue weighted by molar-refractivity contribution is 6.30. The summed E-state index contributed by atoms with van der Waals surface area (Å²) in [5, 5.41) is 6.20. The number of carbonyl (C=O) groups is 3. The molecule has 140 valence electrons. The summed E-state index contributed by atoms with van der Waals surface area (Å²) in [4.78, 5) is 38.1. The molecule has 0 aliphatic carbocycles. The summed E-state index contributed by atoms with van der Waals surface area (Å²) in [6.07, 6.45) is 0.192. The van der Waals surface area contributed by atoms with Gasteiger partial charge in [0.15, 0.2) is 5.78 Å². The van der Waals surface area contributed by atoms with Gasteiger partial charge in [0.05, 0.1) is 17.9 Å². The van der Waals surface area contributed by atoms with Crippen LogP contribution < -0.4 is 15.5 Å². The molecule has 2 aromatic rings. The van der Waals surface area contributed by atoms with Gasteiger partial charge in [-0.2, -0.15) is 0 Å². The normalized spacial score (nSPS) is 13.8. The number of hydrogen-bond acceptors (Lipinski definition) is 4. The van der Waals surface area contributed by atoms with E-state index in [4.69, 9.17) is 11.6 Å². The van der Waals surface area contributed by atoms with Crippen molar-refractivity contribution in [3.05, 3.63) is 59.1 Å². The van der Waals surface area contributed by atoms with E-state index >= 15 is 0 Å². The van der Waals surface area contributed by atoms with Crippen LogP contribution in [-0.4, -0.2) is 37.2 Å². The van der Waals surface area contributed by atoms with E-state index in [-0.39, 0.29) is 37.0 Å². The number of ketones is 1. The molecular weight excluding hydrogens is 366 g/mol. The molecule has 27 heavy (non-hydrogen) atoms. The minimum absolute atomic E-state index is 0.0454. The summed E-state index contributed by atoms with van der Waals surface area (Å²) in [7, 11) is 0. The third-order valence-corrected chi connectivity index (χ3v) is 4.55. The summed E-state index contributed by atoms with van der Waals surface area (Å²) >= 11 is 5.82. The predicted octanol–water partition coefficient (Wildman–Crippen LogP) is 2.88. The Kier molecular flexibility index (Phi) is 6.08. The minimum Gasteiger partial charge on any atom is -0.359 e. The van der Waals surface area contributed by atoms with E-state index in [1.54, 1.807) is 30.3 Å².